The molecule has 0 aromatic heterocycles. The second kappa shape index (κ2) is 15.0. The van der Waals surface area contributed by atoms with Gasteiger partial charge in [-0.3, -0.25) is 4.79 Å². The predicted octanol–water partition coefficient (Wildman–Crippen LogP) is 2.53. The first kappa shape index (κ1) is 30.1. The maximum absolute atomic E-state index is 12.4. The molecule has 4 aromatic carbocycles. The van der Waals surface area contributed by atoms with Crippen molar-refractivity contribution in [2.75, 3.05) is 0 Å². The van der Waals surface area contributed by atoms with E-state index in [1.54, 1.807) is 32.0 Å². The van der Waals surface area contributed by atoms with Gasteiger partial charge in [-0.25, -0.2) is 24.3 Å². The minimum atomic E-state index is -4.32. The van der Waals surface area contributed by atoms with Crippen LogP contribution in [0.2, 0.25) is 0 Å². The summed E-state index contributed by atoms with van der Waals surface area (Å²) in [4.78, 5) is 24.8. The fraction of sp³-hybridized carbons (Fsp3) is 0.115. The van der Waals surface area contributed by atoms with Crippen LogP contribution in [-0.2, 0) is 21.6 Å². The molecule has 4 rings (SSSR count). The van der Waals surface area contributed by atoms with Crippen LogP contribution in [-0.4, -0.2) is 5.52 Å². The average Bonchev–Trinajstić information content (AvgIpc) is 3.46. The van der Waals surface area contributed by atoms with Crippen molar-refractivity contribution in [3.63, 3.8) is 0 Å². The number of benzene rings is 2. The summed E-state index contributed by atoms with van der Waals surface area (Å²) in [5, 5.41) is 0.0596. The smallest absolute Gasteiger partial charge is 0.790 e. The molecule has 1 atom stereocenters. The van der Waals surface area contributed by atoms with Gasteiger partial charge in [-0.05, 0) is 31.9 Å². The van der Waals surface area contributed by atoms with E-state index in [2.05, 4.69) is 0 Å². The minimum Gasteiger partial charge on any atom is -0.790 e. The summed E-state index contributed by atoms with van der Waals surface area (Å²) >= 11 is 0. The Balaban J connectivity index is 0.000000657. The first-order valence-electron chi connectivity index (χ1n) is 9.67. The molecule has 0 fully saturated rings. The molecule has 0 aliphatic heterocycles. The molecule has 32 heavy (non-hydrogen) atoms. The molecule has 0 bridgehead atoms. The van der Waals surface area contributed by atoms with E-state index in [1.807, 2.05) is 79.7 Å². The van der Waals surface area contributed by atoms with E-state index in [0.29, 0.717) is 11.1 Å². The quantitative estimate of drug-likeness (QED) is 0.257. The Morgan fingerprint density at radius 3 is 1.53 bits per heavy atom. The van der Waals surface area contributed by atoms with Gasteiger partial charge in [-0.15, -0.1) is 0 Å². The van der Waals surface area contributed by atoms with Crippen LogP contribution >= 0.6 is 7.37 Å². The Bertz CT molecular complexity index is 992. The van der Waals surface area contributed by atoms with Crippen LogP contribution in [0, 0.1) is 20.8 Å². The molecule has 0 saturated carbocycles. The molecule has 4 aromatic rings. The Hall–Kier alpha value is -1.88. The number of carbonyl (C=O) groups excluding carboxylic acids is 1. The molecule has 0 saturated heterocycles. The molecule has 0 aliphatic carbocycles. The van der Waals surface area contributed by atoms with Gasteiger partial charge in [0.25, 0.3) is 0 Å². The number of aryl methyl sites for hydroxylation is 3. The maximum atomic E-state index is 12.4. The number of hydrogen-bond donors (Lipinski definition) is 0. The summed E-state index contributed by atoms with van der Waals surface area (Å²) in [6, 6.07) is 31.5. The van der Waals surface area contributed by atoms with E-state index < -0.39 is 12.9 Å². The van der Waals surface area contributed by atoms with E-state index in [4.69, 9.17) is 0 Å². The van der Waals surface area contributed by atoms with E-state index in [1.165, 1.54) is 12.1 Å². The van der Waals surface area contributed by atoms with Crippen LogP contribution in [0.3, 0.4) is 0 Å². The van der Waals surface area contributed by atoms with Crippen LogP contribution in [0.25, 0.3) is 0 Å². The van der Waals surface area contributed by atoms with Crippen molar-refractivity contribution in [1.29, 1.82) is 0 Å². The molecule has 0 spiro atoms. The van der Waals surface area contributed by atoms with Crippen molar-refractivity contribution in [1.82, 2.24) is 0 Å². The average molecular weight is 480 g/mol. The van der Waals surface area contributed by atoms with Crippen molar-refractivity contribution in [2.45, 2.75) is 20.8 Å². The molecule has 0 heterocycles. The number of rotatable bonds is 3. The normalized spacial score (nSPS) is 11.1. The first-order valence-corrected chi connectivity index (χ1v) is 11.3. The second-order valence-corrected chi connectivity index (χ2v) is 8.92. The number of hydrogen-bond acceptors (Lipinski definition) is 3. The fourth-order valence-electron chi connectivity index (χ4n) is 3.05. The van der Waals surface area contributed by atoms with Gasteiger partial charge in [0.1, 0.15) is 7.37 Å². The van der Waals surface area contributed by atoms with Gasteiger partial charge in [0, 0.05) is 10.9 Å². The van der Waals surface area contributed by atoms with Crippen LogP contribution in [0.15, 0.2) is 103 Å². The largest absolute Gasteiger partial charge is 2.00 e. The maximum Gasteiger partial charge on any atom is 2.00 e. The summed E-state index contributed by atoms with van der Waals surface area (Å²) in [7, 11) is -4.32. The molecule has 0 radical (unpaired) electrons. The molecule has 0 amide bonds. The van der Waals surface area contributed by atoms with Crippen molar-refractivity contribution >= 4 is 18.2 Å². The van der Waals surface area contributed by atoms with Gasteiger partial charge in [0.2, 0.25) is 5.52 Å². The molecule has 0 aliphatic rings. The first-order chi connectivity index (χ1) is 14.3. The van der Waals surface area contributed by atoms with E-state index in [-0.39, 0.29) is 46.8 Å². The summed E-state index contributed by atoms with van der Waals surface area (Å²) in [5.41, 5.74) is 1.88. The zero-order chi connectivity index (χ0) is 22.0. The van der Waals surface area contributed by atoms with Crippen LogP contribution in [0.4, 0.5) is 0 Å². The summed E-state index contributed by atoms with van der Waals surface area (Å²) in [6.07, 6.45) is 0. The molecular weight excluding hydrogens is 454 g/mol. The van der Waals surface area contributed by atoms with Gasteiger partial charge in [-0.1, -0.05) is 48.0 Å². The van der Waals surface area contributed by atoms with E-state index in [0.717, 1.165) is 5.56 Å². The predicted molar refractivity (Wildman–Crippen MR) is 123 cm³/mol. The van der Waals surface area contributed by atoms with Crippen molar-refractivity contribution in [3.8, 4) is 0 Å². The topological polar surface area (TPSA) is 57.2 Å². The molecule has 6 heteroatoms. The molecule has 3 nitrogen and oxygen atoms in total. The third-order valence-corrected chi connectivity index (χ3v) is 6.10. The Morgan fingerprint density at radius 1 is 0.781 bits per heavy atom. The van der Waals surface area contributed by atoms with E-state index >= 15 is 0 Å². The number of carbonyl (C=O) groups is 1. The monoisotopic (exact) mass is 480 g/mol. The SMILES string of the molecule is Cc1cc(C)c(C(=O)P(=O)([O-])c2ccccc2)c(C)c1.[Fe+2].[Li+].c1cc[cH-]c1.c1cc[cH-]c1. The van der Waals surface area contributed by atoms with E-state index in [9.17, 15) is 14.3 Å². The fourth-order valence-corrected chi connectivity index (χ4v) is 4.49. The van der Waals surface area contributed by atoms with Gasteiger partial charge in [0.15, 0.2) is 0 Å². The molecule has 0 N–H and O–H groups in total. The second-order valence-electron chi connectivity index (χ2n) is 6.89. The minimum absolute atomic E-state index is 0. The Labute approximate surface area is 213 Å². The molecule has 1 unspecified atom stereocenters. The van der Waals surface area contributed by atoms with Gasteiger partial charge < -0.3 is 9.46 Å². The standard InChI is InChI=1S/C16H17O3P.2C5H5.Fe.Li/c1-11-9-12(2)15(13(3)10-11)16(17)20(18,19)14-7-5-4-6-8-14;2*1-2-4-5-3-1;;/h4-10H,1-3H3,(H,18,19);2*1-5H;;/q;2*-1;+2;+1/p-1. The Kier molecular flexibility index (Phi) is 14.2. The van der Waals surface area contributed by atoms with Crippen molar-refractivity contribution in [2.24, 2.45) is 0 Å². The van der Waals surface area contributed by atoms with Crippen LogP contribution in [0.5, 0.6) is 0 Å². The Morgan fingerprint density at radius 2 is 1.19 bits per heavy atom. The zero-order valence-corrected chi connectivity index (χ0v) is 20.8. The summed E-state index contributed by atoms with van der Waals surface area (Å²) in [6.45, 7) is 5.44. The van der Waals surface area contributed by atoms with Crippen molar-refractivity contribution < 1.29 is 50.2 Å². The third-order valence-electron chi connectivity index (χ3n) is 4.37. The molecule has 162 valence electrons. The van der Waals surface area contributed by atoms with Gasteiger partial charge >= 0.3 is 35.9 Å². The zero-order valence-electron chi connectivity index (χ0n) is 18.8. The molecular formula is C26H26FeLiO3P. The third kappa shape index (κ3) is 8.93. The summed E-state index contributed by atoms with van der Waals surface area (Å²) < 4.78 is 12.4. The van der Waals surface area contributed by atoms with Crippen LogP contribution < -0.4 is 29.1 Å². The van der Waals surface area contributed by atoms with Gasteiger partial charge in [-0.2, -0.15) is 36.4 Å². The van der Waals surface area contributed by atoms with Gasteiger partial charge in [0.05, 0.1) is 0 Å². The summed E-state index contributed by atoms with van der Waals surface area (Å²) in [5.74, 6) is 0. The van der Waals surface area contributed by atoms with Crippen LogP contribution in [0.1, 0.15) is 27.0 Å². The van der Waals surface area contributed by atoms with Crippen molar-refractivity contribution in [3.05, 3.63) is 125 Å².